The van der Waals surface area contributed by atoms with Crippen molar-refractivity contribution < 1.29 is 9.72 Å². The van der Waals surface area contributed by atoms with Gasteiger partial charge in [0.05, 0.1) is 16.4 Å². The number of pyridine rings is 1. The van der Waals surface area contributed by atoms with Gasteiger partial charge in [-0.1, -0.05) is 0 Å². The molecular weight excluding hydrogens is 310 g/mol. The minimum absolute atomic E-state index is 0.0582. The summed E-state index contributed by atoms with van der Waals surface area (Å²) in [5.41, 5.74) is 6.37. The van der Waals surface area contributed by atoms with Crippen LogP contribution in [-0.2, 0) is 4.79 Å². The number of rotatable bonds is 4. The van der Waals surface area contributed by atoms with E-state index in [1.165, 1.54) is 12.3 Å². The monoisotopic (exact) mass is 329 g/mol. The van der Waals surface area contributed by atoms with Gasteiger partial charge in [0, 0.05) is 55.7 Å². The van der Waals surface area contributed by atoms with E-state index in [1.54, 1.807) is 18.3 Å². The molecule has 0 saturated carbocycles. The van der Waals surface area contributed by atoms with Crippen molar-refractivity contribution >= 4 is 28.1 Å². The number of hydrogen-bond donors (Lipinski definition) is 1. The van der Waals surface area contributed by atoms with E-state index in [2.05, 4.69) is 9.88 Å². The zero-order valence-electron chi connectivity index (χ0n) is 13.4. The molecule has 8 nitrogen and oxygen atoms in total. The highest BCUT2D eigenvalue weighted by molar-refractivity contribution is 5.99. The average Bonchev–Trinajstić information content (AvgIpc) is 2.60. The number of non-ortho nitro benzene ring substituents is 1. The van der Waals surface area contributed by atoms with Crippen LogP contribution in [0.1, 0.15) is 6.92 Å². The average molecular weight is 329 g/mol. The predicted octanol–water partition coefficient (Wildman–Crippen LogP) is 1.14. The first-order valence-electron chi connectivity index (χ1n) is 7.78. The lowest BCUT2D eigenvalue weighted by molar-refractivity contribution is -0.383. The summed E-state index contributed by atoms with van der Waals surface area (Å²) in [6.45, 7) is 4.70. The predicted molar refractivity (Wildman–Crippen MR) is 90.8 cm³/mol. The van der Waals surface area contributed by atoms with Crippen LogP contribution in [0.2, 0.25) is 0 Å². The van der Waals surface area contributed by atoms with Gasteiger partial charge in [-0.15, -0.1) is 0 Å². The van der Waals surface area contributed by atoms with Crippen LogP contribution in [0.3, 0.4) is 0 Å². The molecule has 1 saturated heterocycles. The Hall–Kier alpha value is -2.74. The largest absolute Gasteiger partial charge is 0.368 e. The number of primary amides is 1. The summed E-state index contributed by atoms with van der Waals surface area (Å²) in [6.07, 6.45) is 3.17. The molecule has 1 aromatic carbocycles. The van der Waals surface area contributed by atoms with Crippen molar-refractivity contribution in [3.8, 4) is 0 Å². The molecule has 0 unspecified atom stereocenters. The standard InChI is InChI=1S/C16H19N5O3/c1-11(16(17)22)19-6-8-20(9-7-19)14-2-3-15(21(23)24)13-10-18-5-4-12(13)14/h2-5,10-11H,6-9H2,1H3,(H2,17,22)/t11-/m0/s1. The molecule has 2 heterocycles. The molecule has 126 valence electrons. The second-order valence-electron chi connectivity index (χ2n) is 5.88. The summed E-state index contributed by atoms with van der Waals surface area (Å²) < 4.78 is 0. The number of hydrogen-bond acceptors (Lipinski definition) is 6. The molecule has 2 N–H and O–H groups in total. The SMILES string of the molecule is C[C@@H](C(N)=O)N1CCN(c2ccc([N+](=O)[O-])c3cnccc23)CC1. The van der Waals surface area contributed by atoms with E-state index in [0.717, 1.165) is 24.2 Å². The normalized spacial score (nSPS) is 17.0. The van der Waals surface area contributed by atoms with Gasteiger partial charge in [0.15, 0.2) is 0 Å². The second-order valence-corrected chi connectivity index (χ2v) is 5.88. The van der Waals surface area contributed by atoms with Crippen LogP contribution < -0.4 is 10.6 Å². The summed E-state index contributed by atoms with van der Waals surface area (Å²) in [4.78, 5) is 30.4. The lowest BCUT2D eigenvalue weighted by Gasteiger charge is -2.38. The number of nitrogens with two attached hydrogens (primary N) is 1. The molecule has 24 heavy (non-hydrogen) atoms. The van der Waals surface area contributed by atoms with Crippen LogP contribution in [0.15, 0.2) is 30.6 Å². The lowest BCUT2D eigenvalue weighted by Crippen LogP contribution is -2.53. The number of nitro benzene ring substituents is 1. The van der Waals surface area contributed by atoms with Crippen LogP contribution in [0.5, 0.6) is 0 Å². The van der Waals surface area contributed by atoms with Gasteiger partial charge in [0.1, 0.15) is 0 Å². The summed E-state index contributed by atoms with van der Waals surface area (Å²) in [7, 11) is 0. The van der Waals surface area contributed by atoms with Crippen molar-refractivity contribution in [3.63, 3.8) is 0 Å². The lowest BCUT2D eigenvalue weighted by atomic mass is 10.1. The number of nitro groups is 1. The molecular formula is C16H19N5O3. The maximum atomic E-state index is 11.3. The van der Waals surface area contributed by atoms with Gasteiger partial charge in [0.25, 0.3) is 5.69 Å². The number of benzene rings is 1. The van der Waals surface area contributed by atoms with Crippen molar-refractivity contribution in [1.29, 1.82) is 0 Å². The molecule has 1 amide bonds. The molecule has 1 aliphatic rings. The maximum absolute atomic E-state index is 11.3. The number of carbonyl (C=O) groups is 1. The topological polar surface area (TPSA) is 106 Å². The Morgan fingerprint density at radius 3 is 2.58 bits per heavy atom. The highest BCUT2D eigenvalue weighted by atomic mass is 16.6. The summed E-state index contributed by atoms with van der Waals surface area (Å²) in [5.74, 6) is -0.324. The van der Waals surface area contributed by atoms with Crippen LogP contribution >= 0.6 is 0 Å². The molecule has 2 aromatic rings. The Morgan fingerprint density at radius 1 is 1.25 bits per heavy atom. The van der Waals surface area contributed by atoms with Crippen molar-refractivity contribution in [2.24, 2.45) is 5.73 Å². The number of aromatic nitrogens is 1. The highest BCUT2D eigenvalue weighted by Crippen LogP contribution is 2.33. The minimum atomic E-state index is -0.389. The van der Waals surface area contributed by atoms with E-state index in [1.807, 2.05) is 11.8 Å². The Labute approximate surface area is 139 Å². The van der Waals surface area contributed by atoms with Gasteiger partial charge in [-0.25, -0.2) is 0 Å². The first kappa shape index (κ1) is 16.1. The maximum Gasteiger partial charge on any atom is 0.278 e. The number of amides is 1. The molecule has 0 radical (unpaired) electrons. The van der Waals surface area contributed by atoms with Gasteiger partial charge >= 0.3 is 0 Å². The highest BCUT2D eigenvalue weighted by Gasteiger charge is 2.25. The van der Waals surface area contributed by atoms with Crippen molar-refractivity contribution in [1.82, 2.24) is 9.88 Å². The van der Waals surface area contributed by atoms with E-state index < -0.39 is 0 Å². The van der Waals surface area contributed by atoms with E-state index in [-0.39, 0.29) is 22.6 Å². The van der Waals surface area contributed by atoms with Crippen LogP contribution in [0.25, 0.3) is 10.8 Å². The zero-order chi connectivity index (χ0) is 17.3. The molecule has 1 aliphatic heterocycles. The fourth-order valence-corrected chi connectivity index (χ4v) is 3.12. The number of anilines is 1. The summed E-state index contributed by atoms with van der Waals surface area (Å²) in [6, 6.07) is 4.83. The van der Waals surface area contributed by atoms with E-state index in [0.29, 0.717) is 18.5 Å². The Balaban J connectivity index is 1.88. The quantitative estimate of drug-likeness (QED) is 0.666. The van der Waals surface area contributed by atoms with Gasteiger partial charge in [-0.05, 0) is 19.1 Å². The molecule has 1 atom stereocenters. The van der Waals surface area contributed by atoms with Gasteiger partial charge in [-0.2, -0.15) is 0 Å². The molecule has 1 fully saturated rings. The van der Waals surface area contributed by atoms with Crippen LogP contribution in [0, 0.1) is 10.1 Å². The van der Waals surface area contributed by atoms with Crippen molar-refractivity contribution in [2.75, 3.05) is 31.1 Å². The third-order valence-electron chi connectivity index (χ3n) is 4.58. The molecule has 0 aliphatic carbocycles. The van der Waals surface area contributed by atoms with Crippen molar-refractivity contribution in [2.45, 2.75) is 13.0 Å². The minimum Gasteiger partial charge on any atom is -0.368 e. The van der Waals surface area contributed by atoms with Gasteiger partial charge in [0.2, 0.25) is 5.91 Å². The number of fused-ring (bicyclic) bond motifs is 1. The first-order chi connectivity index (χ1) is 11.5. The van der Waals surface area contributed by atoms with Gasteiger partial charge in [-0.3, -0.25) is 24.8 Å². The van der Waals surface area contributed by atoms with Gasteiger partial charge < -0.3 is 10.6 Å². The number of carbonyl (C=O) groups excluding carboxylic acids is 1. The molecule has 0 spiro atoms. The zero-order valence-corrected chi connectivity index (χ0v) is 13.4. The smallest absolute Gasteiger partial charge is 0.278 e. The van der Waals surface area contributed by atoms with E-state index in [4.69, 9.17) is 5.73 Å². The Bertz CT molecular complexity index is 786. The summed E-state index contributed by atoms with van der Waals surface area (Å²) in [5, 5.41) is 12.5. The Kier molecular flexibility index (Phi) is 4.30. The molecule has 3 rings (SSSR count). The second kappa shape index (κ2) is 6.40. The van der Waals surface area contributed by atoms with Crippen LogP contribution in [-0.4, -0.2) is 52.9 Å². The number of nitrogens with zero attached hydrogens (tertiary/aromatic N) is 4. The number of piperazine rings is 1. The Morgan fingerprint density at radius 2 is 1.96 bits per heavy atom. The molecule has 8 heteroatoms. The molecule has 0 bridgehead atoms. The fraction of sp³-hybridized carbons (Fsp3) is 0.375. The summed E-state index contributed by atoms with van der Waals surface area (Å²) >= 11 is 0. The third-order valence-corrected chi connectivity index (χ3v) is 4.58. The first-order valence-corrected chi connectivity index (χ1v) is 7.78. The van der Waals surface area contributed by atoms with E-state index >= 15 is 0 Å². The third kappa shape index (κ3) is 2.88. The molecule has 1 aromatic heterocycles. The van der Waals surface area contributed by atoms with Crippen molar-refractivity contribution in [3.05, 3.63) is 40.7 Å². The fourth-order valence-electron chi connectivity index (χ4n) is 3.12. The van der Waals surface area contributed by atoms with Crippen LogP contribution in [0.4, 0.5) is 11.4 Å². The van der Waals surface area contributed by atoms with E-state index in [9.17, 15) is 14.9 Å².